The van der Waals surface area contributed by atoms with E-state index in [1.165, 1.54) is 0 Å². The zero-order valence-corrected chi connectivity index (χ0v) is 11.1. The quantitative estimate of drug-likeness (QED) is 0.669. The van der Waals surface area contributed by atoms with Crippen LogP contribution in [0, 0.1) is 3.57 Å². The molecule has 6 heteroatoms. The summed E-state index contributed by atoms with van der Waals surface area (Å²) in [7, 11) is -2.34. The van der Waals surface area contributed by atoms with E-state index < -0.39 is 10.1 Å². The van der Waals surface area contributed by atoms with Crippen LogP contribution in [0.15, 0.2) is 18.2 Å². The lowest BCUT2D eigenvalue weighted by Crippen LogP contribution is -2.06. The van der Waals surface area contributed by atoms with Crippen molar-refractivity contribution >= 4 is 32.7 Å². The Labute approximate surface area is 103 Å². The molecule has 0 saturated heterocycles. The number of hydrogen-bond donors (Lipinski definition) is 1. The van der Waals surface area contributed by atoms with Crippen molar-refractivity contribution in [2.45, 2.75) is 6.42 Å². The summed E-state index contributed by atoms with van der Waals surface area (Å²) in [5, 5.41) is 0. The smallest absolute Gasteiger partial charge is 0.265 e. The molecule has 0 aliphatic rings. The standard InChI is InChI=1S/C9H11IO4S/c1-14-9-6-7(2-3-8(9)10)4-5-15(11,12)13/h2-3,6H,4-5H2,1H3,(H,11,12,13). The van der Waals surface area contributed by atoms with Gasteiger partial charge in [-0.25, -0.2) is 0 Å². The fourth-order valence-corrected chi connectivity index (χ4v) is 2.16. The number of ether oxygens (including phenoxy) is 1. The van der Waals surface area contributed by atoms with Gasteiger partial charge in [0.15, 0.2) is 0 Å². The number of halogens is 1. The van der Waals surface area contributed by atoms with E-state index >= 15 is 0 Å². The maximum Gasteiger partial charge on any atom is 0.265 e. The van der Waals surface area contributed by atoms with Crippen LogP contribution in [-0.4, -0.2) is 25.8 Å². The third-order valence-electron chi connectivity index (χ3n) is 1.86. The van der Waals surface area contributed by atoms with Crippen LogP contribution in [0.3, 0.4) is 0 Å². The topological polar surface area (TPSA) is 63.6 Å². The summed E-state index contributed by atoms with van der Waals surface area (Å²) in [6.07, 6.45) is 0.284. The molecule has 0 radical (unpaired) electrons. The summed E-state index contributed by atoms with van der Waals surface area (Å²) in [5.74, 6) is 0.444. The van der Waals surface area contributed by atoms with Crippen molar-refractivity contribution in [3.8, 4) is 5.75 Å². The minimum Gasteiger partial charge on any atom is -0.496 e. The van der Waals surface area contributed by atoms with Gasteiger partial charge in [0, 0.05) is 0 Å². The molecule has 0 fully saturated rings. The van der Waals surface area contributed by atoms with Crippen molar-refractivity contribution < 1.29 is 17.7 Å². The van der Waals surface area contributed by atoms with E-state index in [-0.39, 0.29) is 12.2 Å². The van der Waals surface area contributed by atoms with Gasteiger partial charge in [-0.15, -0.1) is 0 Å². The molecule has 0 spiro atoms. The molecular formula is C9H11IO4S. The predicted octanol–water partition coefficient (Wildman–Crippen LogP) is 1.73. The molecule has 4 nitrogen and oxygen atoms in total. The second-order valence-corrected chi connectivity index (χ2v) is 5.74. The first-order chi connectivity index (χ1) is 6.92. The van der Waals surface area contributed by atoms with Gasteiger partial charge in [-0.1, -0.05) is 6.07 Å². The average molecular weight is 342 g/mol. The van der Waals surface area contributed by atoms with Crippen molar-refractivity contribution in [1.82, 2.24) is 0 Å². The predicted molar refractivity (Wildman–Crippen MR) is 65.8 cm³/mol. The zero-order valence-electron chi connectivity index (χ0n) is 8.10. The monoisotopic (exact) mass is 342 g/mol. The highest BCUT2D eigenvalue weighted by atomic mass is 127. The number of hydrogen-bond acceptors (Lipinski definition) is 3. The van der Waals surface area contributed by atoms with E-state index in [1.807, 2.05) is 12.1 Å². The lowest BCUT2D eigenvalue weighted by molar-refractivity contribution is 0.411. The molecule has 0 unspecified atom stereocenters. The summed E-state index contributed by atoms with van der Waals surface area (Å²) in [6.45, 7) is 0. The molecule has 84 valence electrons. The van der Waals surface area contributed by atoms with Crippen LogP contribution < -0.4 is 4.74 Å². The third-order valence-corrected chi connectivity index (χ3v) is 3.48. The Morgan fingerprint density at radius 2 is 2.13 bits per heavy atom. The minimum atomic E-state index is -3.89. The Balaban J connectivity index is 2.79. The van der Waals surface area contributed by atoms with Crippen LogP contribution in [0.2, 0.25) is 0 Å². The summed E-state index contributed by atoms with van der Waals surface area (Å²) in [5.41, 5.74) is 0.824. The lowest BCUT2D eigenvalue weighted by Gasteiger charge is -2.05. The molecule has 0 bridgehead atoms. The summed E-state index contributed by atoms with van der Waals surface area (Å²) >= 11 is 2.13. The highest BCUT2D eigenvalue weighted by molar-refractivity contribution is 14.1. The van der Waals surface area contributed by atoms with Crippen molar-refractivity contribution in [2.75, 3.05) is 12.9 Å². The number of rotatable bonds is 4. The first kappa shape index (κ1) is 12.7. The van der Waals surface area contributed by atoms with Crippen LogP contribution >= 0.6 is 22.6 Å². The zero-order chi connectivity index (χ0) is 11.5. The van der Waals surface area contributed by atoms with Crippen LogP contribution in [0.4, 0.5) is 0 Å². The molecule has 1 rings (SSSR count). The van der Waals surface area contributed by atoms with E-state index in [1.54, 1.807) is 13.2 Å². The van der Waals surface area contributed by atoms with E-state index in [9.17, 15) is 8.42 Å². The van der Waals surface area contributed by atoms with Crippen LogP contribution in [0.25, 0.3) is 0 Å². The van der Waals surface area contributed by atoms with E-state index in [0.29, 0.717) is 5.75 Å². The molecule has 0 amide bonds. The number of methoxy groups -OCH3 is 1. The Kier molecular flexibility index (Phi) is 4.35. The van der Waals surface area contributed by atoms with Gasteiger partial charge < -0.3 is 4.74 Å². The molecule has 0 aromatic heterocycles. The maximum absolute atomic E-state index is 10.5. The van der Waals surface area contributed by atoms with Gasteiger partial charge in [0.05, 0.1) is 16.4 Å². The molecule has 0 heterocycles. The van der Waals surface area contributed by atoms with Crippen LogP contribution in [0.1, 0.15) is 5.56 Å². The normalized spacial score (nSPS) is 11.4. The van der Waals surface area contributed by atoms with Crippen molar-refractivity contribution in [3.05, 3.63) is 27.3 Å². The Bertz CT molecular complexity index is 441. The summed E-state index contributed by atoms with van der Waals surface area (Å²) in [6, 6.07) is 5.43. The Morgan fingerprint density at radius 3 is 2.67 bits per heavy atom. The number of benzene rings is 1. The van der Waals surface area contributed by atoms with E-state index in [0.717, 1.165) is 9.13 Å². The molecule has 1 N–H and O–H groups in total. The second-order valence-electron chi connectivity index (χ2n) is 3.00. The first-order valence-corrected chi connectivity index (χ1v) is 6.89. The van der Waals surface area contributed by atoms with Crippen molar-refractivity contribution in [2.24, 2.45) is 0 Å². The molecule has 1 aromatic rings. The van der Waals surface area contributed by atoms with Gasteiger partial charge >= 0.3 is 0 Å². The van der Waals surface area contributed by atoms with Crippen LogP contribution in [0.5, 0.6) is 5.75 Å². The van der Waals surface area contributed by atoms with Gasteiger partial charge in [0.2, 0.25) is 0 Å². The SMILES string of the molecule is COc1cc(CCS(=O)(=O)O)ccc1I. The lowest BCUT2D eigenvalue weighted by atomic mass is 10.2. The van der Waals surface area contributed by atoms with Crippen molar-refractivity contribution in [1.29, 1.82) is 0 Å². The minimum absolute atomic E-state index is 0.267. The summed E-state index contributed by atoms with van der Waals surface area (Å²) in [4.78, 5) is 0. The van der Waals surface area contributed by atoms with Gasteiger partial charge in [0.25, 0.3) is 10.1 Å². The van der Waals surface area contributed by atoms with Gasteiger partial charge in [-0.2, -0.15) is 8.42 Å². The average Bonchev–Trinajstić information content (AvgIpc) is 2.15. The van der Waals surface area contributed by atoms with Gasteiger partial charge in [0.1, 0.15) is 5.75 Å². The van der Waals surface area contributed by atoms with Gasteiger partial charge in [-0.05, 0) is 46.7 Å². The largest absolute Gasteiger partial charge is 0.496 e. The third kappa shape index (κ3) is 4.35. The summed E-state index contributed by atoms with van der Waals surface area (Å²) < 4.78 is 35.8. The molecule has 0 atom stereocenters. The fraction of sp³-hybridized carbons (Fsp3) is 0.333. The second kappa shape index (κ2) is 5.13. The fourth-order valence-electron chi connectivity index (χ4n) is 1.11. The highest BCUT2D eigenvalue weighted by Gasteiger charge is 2.07. The number of aryl methyl sites for hydroxylation is 1. The molecular weight excluding hydrogens is 331 g/mol. The molecule has 15 heavy (non-hydrogen) atoms. The van der Waals surface area contributed by atoms with Gasteiger partial charge in [-0.3, -0.25) is 4.55 Å². The first-order valence-electron chi connectivity index (χ1n) is 4.20. The Morgan fingerprint density at radius 1 is 1.47 bits per heavy atom. The van der Waals surface area contributed by atoms with Crippen LogP contribution in [-0.2, 0) is 16.5 Å². The van der Waals surface area contributed by atoms with E-state index in [4.69, 9.17) is 9.29 Å². The highest BCUT2D eigenvalue weighted by Crippen LogP contribution is 2.22. The maximum atomic E-state index is 10.5. The Hall–Kier alpha value is -0.340. The van der Waals surface area contributed by atoms with Crippen molar-refractivity contribution in [3.63, 3.8) is 0 Å². The molecule has 0 saturated carbocycles. The van der Waals surface area contributed by atoms with E-state index in [2.05, 4.69) is 22.6 Å². The molecule has 0 aliphatic carbocycles. The molecule has 1 aromatic carbocycles. The molecule has 0 aliphatic heterocycles.